The molecule has 0 bridgehead atoms. The third kappa shape index (κ3) is 4.29. The minimum atomic E-state index is -4.52. The summed E-state index contributed by atoms with van der Waals surface area (Å²) < 4.78 is 43.7. The molecule has 0 saturated carbocycles. The lowest BCUT2D eigenvalue weighted by Gasteiger charge is -2.13. The Balaban J connectivity index is 0.00000242. The molecule has 0 aliphatic rings. The SMILES string of the molecule is CC(N)c1ccc(Oc2cccc(C(F)(F)F)c2Cl)cc1.Cl. The maximum absolute atomic E-state index is 12.8. The van der Waals surface area contributed by atoms with Crippen LogP contribution < -0.4 is 10.5 Å². The fraction of sp³-hybridized carbons (Fsp3) is 0.200. The lowest BCUT2D eigenvalue weighted by molar-refractivity contribution is -0.137. The van der Waals surface area contributed by atoms with Crippen LogP contribution in [0.2, 0.25) is 5.02 Å². The van der Waals surface area contributed by atoms with Gasteiger partial charge in [-0.25, -0.2) is 0 Å². The Morgan fingerprint density at radius 2 is 1.68 bits per heavy atom. The number of ether oxygens (including phenoxy) is 1. The Morgan fingerprint density at radius 1 is 1.09 bits per heavy atom. The van der Waals surface area contributed by atoms with Crippen LogP contribution >= 0.6 is 24.0 Å². The molecule has 0 amide bonds. The van der Waals surface area contributed by atoms with Crippen molar-refractivity contribution >= 4 is 24.0 Å². The zero-order chi connectivity index (χ0) is 15.6. The molecule has 120 valence electrons. The highest BCUT2D eigenvalue weighted by Gasteiger charge is 2.34. The predicted molar refractivity (Wildman–Crippen MR) is 82.8 cm³/mol. The van der Waals surface area contributed by atoms with Crippen LogP contribution in [0.25, 0.3) is 0 Å². The summed E-state index contributed by atoms with van der Waals surface area (Å²) in [5, 5.41) is -0.457. The number of benzene rings is 2. The summed E-state index contributed by atoms with van der Waals surface area (Å²) in [5.41, 5.74) is 5.70. The van der Waals surface area contributed by atoms with Gasteiger partial charge < -0.3 is 10.5 Å². The number of nitrogens with two attached hydrogens (primary N) is 1. The van der Waals surface area contributed by atoms with Gasteiger partial charge >= 0.3 is 6.18 Å². The molecule has 1 atom stereocenters. The van der Waals surface area contributed by atoms with E-state index < -0.39 is 16.8 Å². The summed E-state index contributed by atoms with van der Waals surface area (Å²) in [5.74, 6) is 0.348. The molecule has 2 nitrogen and oxygen atoms in total. The highest BCUT2D eigenvalue weighted by atomic mass is 35.5. The summed E-state index contributed by atoms with van der Waals surface area (Å²) in [6.07, 6.45) is -4.52. The minimum Gasteiger partial charge on any atom is -0.456 e. The summed E-state index contributed by atoms with van der Waals surface area (Å²) in [6, 6.07) is 10.2. The molecule has 0 heterocycles. The van der Waals surface area contributed by atoms with Crippen molar-refractivity contribution < 1.29 is 17.9 Å². The molecule has 2 rings (SSSR count). The topological polar surface area (TPSA) is 35.2 Å². The van der Waals surface area contributed by atoms with Gasteiger partial charge in [0.15, 0.2) is 0 Å². The zero-order valence-electron chi connectivity index (χ0n) is 11.5. The van der Waals surface area contributed by atoms with Gasteiger partial charge in [-0.2, -0.15) is 13.2 Å². The van der Waals surface area contributed by atoms with Crippen LogP contribution in [-0.2, 0) is 6.18 Å². The van der Waals surface area contributed by atoms with Crippen LogP contribution in [0.1, 0.15) is 24.1 Å². The Morgan fingerprint density at radius 3 is 2.18 bits per heavy atom. The number of rotatable bonds is 3. The Kier molecular flexibility index (Phi) is 6.11. The van der Waals surface area contributed by atoms with E-state index in [1.165, 1.54) is 12.1 Å². The van der Waals surface area contributed by atoms with Gasteiger partial charge in [-0.15, -0.1) is 12.4 Å². The first-order chi connectivity index (χ1) is 9.79. The van der Waals surface area contributed by atoms with Gasteiger partial charge in [-0.3, -0.25) is 0 Å². The van der Waals surface area contributed by atoms with Gasteiger partial charge in [0.1, 0.15) is 11.5 Å². The molecule has 0 aliphatic heterocycles. The molecule has 22 heavy (non-hydrogen) atoms. The Labute approximate surface area is 137 Å². The van der Waals surface area contributed by atoms with Crippen molar-refractivity contribution in [3.05, 3.63) is 58.6 Å². The van der Waals surface area contributed by atoms with Crippen LogP contribution in [0.3, 0.4) is 0 Å². The van der Waals surface area contributed by atoms with Crippen molar-refractivity contribution in [3.8, 4) is 11.5 Å². The van der Waals surface area contributed by atoms with Crippen LogP contribution in [0, 0.1) is 0 Å². The van der Waals surface area contributed by atoms with Crippen LogP contribution in [0.5, 0.6) is 11.5 Å². The van der Waals surface area contributed by atoms with Crippen molar-refractivity contribution in [3.63, 3.8) is 0 Å². The average molecular weight is 352 g/mol. The quantitative estimate of drug-likeness (QED) is 0.781. The number of alkyl halides is 3. The predicted octanol–water partition coefficient (Wildman–Crippen LogP) is 5.59. The number of hydrogen-bond acceptors (Lipinski definition) is 2. The average Bonchev–Trinajstić information content (AvgIpc) is 2.40. The second-order valence-corrected chi connectivity index (χ2v) is 4.95. The van der Waals surface area contributed by atoms with Gasteiger partial charge in [0.05, 0.1) is 10.6 Å². The normalized spacial score (nSPS) is 12.5. The molecule has 2 aromatic carbocycles. The molecule has 2 aromatic rings. The van der Waals surface area contributed by atoms with Crippen molar-refractivity contribution in [2.75, 3.05) is 0 Å². The van der Waals surface area contributed by atoms with E-state index in [0.717, 1.165) is 11.6 Å². The van der Waals surface area contributed by atoms with E-state index >= 15 is 0 Å². The van der Waals surface area contributed by atoms with Gasteiger partial charge in [0, 0.05) is 6.04 Å². The monoisotopic (exact) mass is 351 g/mol. The maximum atomic E-state index is 12.8. The molecular formula is C15H14Cl2F3NO. The third-order valence-electron chi connectivity index (χ3n) is 2.90. The van der Waals surface area contributed by atoms with E-state index in [2.05, 4.69) is 0 Å². The standard InChI is InChI=1S/C15H13ClF3NO.ClH/c1-9(20)10-5-7-11(8-6-10)21-13-4-2-3-12(14(13)16)15(17,18)19;/h2-9H,20H2,1H3;1H. The van der Waals surface area contributed by atoms with Crippen LogP contribution in [-0.4, -0.2) is 0 Å². The van der Waals surface area contributed by atoms with E-state index in [0.29, 0.717) is 5.75 Å². The number of halogens is 5. The Bertz CT molecular complexity index is 628. The summed E-state index contributed by atoms with van der Waals surface area (Å²) in [6.45, 7) is 1.83. The van der Waals surface area contributed by atoms with E-state index in [-0.39, 0.29) is 24.2 Å². The smallest absolute Gasteiger partial charge is 0.417 e. The first-order valence-corrected chi connectivity index (χ1v) is 6.56. The fourth-order valence-electron chi connectivity index (χ4n) is 1.77. The summed E-state index contributed by atoms with van der Waals surface area (Å²) >= 11 is 5.76. The van der Waals surface area contributed by atoms with Crippen LogP contribution in [0.4, 0.5) is 13.2 Å². The van der Waals surface area contributed by atoms with Crippen molar-refractivity contribution in [2.45, 2.75) is 19.1 Å². The van der Waals surface area contributed by atoms with E-state index in [1.54, 1.807) is 24.3 Å². The van der Waals surface area contributed by atoms with E-state index in [1.807, 2.05) is 6.92 Å². The number of hydrogen-bond donors (Lipinski definition) is 1. The maximum Gasteiger partial charge on any atom is 0.417 e. The van der Waals surface area contributed by atoms with Crippen molar-refractivity contribution in [1.82, 2.24) is 0 Å². The molecule has 0 aromatic heterocycles. The Hall–Kier alpha value is -1.43. The van der Waals surface area contributed by atoms with Gasteiger partial charge in [-0.1, -0.05) is 29.8 Å². The van der Waals surface area contributed by atoms with E-state index in [4.69, 9.17) is 22.1 Å². The highest BCUT2D eigenvalue weighted by Crippen LogP contribution is 2.40. The molecule has 0 aliphatic carbocycles. The second kappa shape index (κ2) is 7.22. The molecule has 2 N–H and O–H groups in total. The first kappa shape index (κ1) is 18.6. The van der Waals surface area contributed by atoms with Gasteiger partial charge in [0.25, 0.3) is 0 Å². The second-order valence-electron chi connectivity index (χ2n) is 4.58. The summed E-state index contributed by atoms with van der Waals surface area (Å²) in [4.78, 5) is 0. The molecular weight excluding hydrogens is 338 g/mol. The zero-order valence-corrected chi connectivity index (χ0v) is 13.1. The third-order valence-corrected chi connectivity index (χ3v) is 3.29. The van der Waals surface area contributed by atoms with E-state index in [9.17, 15) is 13.2 Å². The highest BCUT2D eigenvalue weighted by molar-refractivity contribution is 6.32. The lowest BCUT2D eigenvalue weighted by Crippen LogP contribution is -2.06. The molecule has 1 unspecified atom stereocenters. The molecule has 0 spiro atoms. The largest absolute Gasteiger partial charge is 0.456 e. The molecule has 0 fully saturated rings. The molecule has 0 radical (unpaired) electrons. The fourth-order valence-corrected chi connectivity index (χ4v) is 2.05. The summed E-state index contributed by atoms with van der Waals surface area (Å²) in [7, 11) is 0. The van der Waals surface area contributed by atoms with Crippen LogP contribution in [0.15, 0.2) is 42.5 Å². The first-order valence-electron chi connectivity index (χ1n) is 6.18. The van der Waals surface area contributed by atoms with Crippen molar-refractivity contribution in [1.29, 1.82) is 0 Å². The molecule has 0 saturated heterocycles. The van der Waals surface area contributed by atoms with Gasteiger partial charge in [-0.05, 0) is 36.8 Å². The van der Waals surface area contributed by atoms with Crippen molar-refractivity contribution in [2.24, 2.45) is 5.73 Å². The lowest BCUT2D eigenvalue weighted by atomic mass is 10.1. The minimum absolute atomic E-state index is 0. The molecule has 7 heteroatoms. The van der Waals surface area contributed by atoms with Gasteiger partial charge in [0.2, 0.25) is 0 Å².